The molecule has 1 atom stereocenters. The SMILES string of the molecule is COCCCOCC(N)(CO)C1CC1. The lowest BCUT2D eigenvalue weighted by molar-refractivity contribution is 0.0355. The van der Waals surface area contributed by atoms with Crippen LogP contribution in [-0.4, -0.2) is 44.2 Å². The van der Waals surface area contributed by atoms with Crippen molar-refractivity contribution in [2.45, 2.75) is 24.8 Å². The molecule has 0 radical (unpaired) electrons. The Morgan fingerprint density at radius 3 is 2.64 bits per heavy atom. The van der Waals surface area contributed by atoms with E-state index in [0.717, 1.165) is 19.3 Å². The van der Waals surface area contributed by atoms with Gasteiger partial charge in [0.2, 0.25) is 0 Å². The van der Waals surface area contributed by atoms with Gasteiger partial charge in [0.1, 0.15) is 0 Å². The number of nitrogens with two attached hydrogens (primary N) is 1. The molecule has 0 aromatic carbocycles. The molecule has 4 nitrogen and oxygen atoms in total. The third-order valence-electron chi connectivity index (χ3n) is 2.69. The molecule has 0 aromatic heterocycles. The van der Waals surface area contributed by atoms with Crippen LogP contribution in [0.3, 0.4) is 0 Å². The fourth-order valence-corrected chi connectivity index (χ4v) is 1.52. The van der Waals surface area contributed by atoms with Crippen LogP contribution in [0.15, 0.2) is 0 Å². The maximum Gasteiger partial charge on any atom is 0.0671 e. The van der Waals surface area contributed by atoms with Gasteiger partial charge in [0.25, 0.3) is 0 Å². The molecule has 3 N–H and O–H groups in total. The number of hydrogen-bond donors (Lipinski definition) is 2. The fraction of sp³-hybridized carbons (Fsp3) is 1.00. The number of aliphatic hydroxyl groups excluding tert-OH is 1. The van der Waals surface area contributed by atoms with Crippen molar-refractivity contribution in [2.24, 2.45) is 11.7 Å². The number of aliphatic hydroxyl groups is 1. The van der Waals surface area contributed by atoms with Crippen molar-refractivity contribution in [3.05, 3.63) is 0 Å². The van der Waals surface area contributed by atoms with Crippen molar-refractivity contribution in [1.82, 2.24) is 0 Å². The van der Waals surface area contributed by atoms with Gasteiger partial charge in [-0.3, -0.25) is 0 Å². The Balaban J connectivity index is 2.08. The second-order valence-corrected chi connectivity index (χ2v) is 4.06. The van der Waals surface area contributed by atoms with Crippen LogP contribution < -0.4 is 5.73 Å². The molecule has 1 aliphatic carbocycles. The van der Waals surface area contributed by atoms with Crippen LogP contribution in [0.2, 0.25) is 0 Å². The maximum absolute atomic E-state index is 9.17. The zero-order chi connectivity index (χ0) is 10.4. The summed E-state index contributed by atoms with van der Waals surface area (Å²) in [6.45, 7) is 1.83. The predicted octanol–water partition coefficient (Wildman–Crippen LogP) is 0.139. The highest BCUT2D eigenvalue weighted by Gasteiger charge is 2.41. The van der Waals surface area contributed by atoms with Gasteiger partial charge < -0.3 is 20.3 Å². The van der Waals surface area contributed by atoms with E-state index in [1.807, 2.05) is 0 Å². The van der Waals surface area contributed by atoms with Crippen LogP contribution >= 0.6 is 0 Å². The lowest BCUT2D eigenvalue weighted by Gasteiger charge is -2.26. The molecule has 0 spiro atoms. The van der Waals surface area contributed by atoms with E-state index < -0.39 is 5.54 Å². The van der Waals surface area contributed by atoms with Crippen LogP contribution in [0.25, 0.3) is 0 Å². The molecule has 84 valence electrons. The van der Waals surface area contributed by atoms with Crippen molar-refractivity contribution in [3.8, 4) is 0 Å². The van der Waals surface area contributed by atoms with Crippen molar-refractivity contribution >= 4 is 0 Å². The van der Waals surface area contributed by atoms with Crippen LogP contribution in [0.4, 0.5) is 0 Å². The Bertz CT molecular complexity index is 161. The first-order chi connectivity index (χ1) is 6.73. The fourth-order valence-electron chi connectivity index (χ4n) is 1.52. The average Bonchev–Trinajstić information content (AvgIpc) is 3.01. The molecule has 0 aromatic rings. The van der Waals surface area contributed by atoms with E-state index in [-0.39, 0.29) is 6.61 Å². The number of methoxy groups -OCH3 is 1. The molecule has 1 saturated carbocycles. The third kappa shape index (κ3) is 3.53. The Hall–Kier alpha value is -0.160. The molecule has 14 heavy (non-hydrogen) atoms. The molecule has 1 fully saturated rings. The normalized spacial score (nSPS) is 20.8. The molecule has 0 amide bonds. The van der Waals surface area contributed by atoms with E-state index in [0.29, 0.717) is 25.7 Å². The largest absolute Gasteiger partial charge is 0.394 e. The monoisotopic (exact) mass is 203 g/mol. The van der Waals surface area contributed by atoms with E-state index in [4.69, 9.17) is 20.3 Å². The zero-order valence-corrected chi connectivity index (χ0v) is 8.87. The second kappa shape index (κ2) is 5.66. The molecule has 1 unspecified atom stereocenters. The van der Waals surface area contributed by atoms with Gasteiger partial charge in [-0.1, -0.05) is 0 Å². The number of hydrogen-bond acceptors (Lipinski definition) is 4. The molecular weight excluding hydrogens is 182 g/mol. The van der Waals surface area contributed by atoms with Crippen molar-refractivity contribution in [1.29, 1.82) is 0 Å². The molecule has 4 heteroatoms. The minimum Gasteiger partial charge on any atom is -0.394 e. The molecule has 1 aliphatic rings. The summed E-state index contributed by atoms with van der Waals surface area (Å²) in [6, 6.07) is 0. The molecule has 1 rings (SSSR count). The Kier molecular flexibility index (Phi) is 4.81. The molecule has 0 heterocycles. The van der Waals surface area contributed by atoms with Crippen molar-refractivity contribution < 1.29 is 14.6 Å². The van der Waals surface area contributed by atoms with Gasteiger partial charge in [-0.2, -0.15) is 0 Å². The van der Waals surface area contributed by atoms with Crippen LogP contribution in [-0.2, 0) is 9.47 Å². The lowest BCUT2D eigenvalue weighted by Crippen LogP contribution is -2.50. The Labute approximate surface area is 85.4 Å². The van der Waals surface area contributed by atoms with E-state index in [9.17, 15) is 0 Å². The summed E-state index contributed by atoms with van der Waals surface area (Å²) in [5.41, 5.74) is 5.50. The van der Waals surface area contributed by atoms with Crippen molar-refractivity contribution in [2.75, 3.05) is 33.5 Å². The third-order valence-corrected chi connectivity index (χ3v) is 2.69. The highest BCUT2D eigenvalue weighted by Crippen LogP contribution is 2.38. The Morgan fingerprint density at radius 1 is 1.43 bits per heavy atom. The molecule has 0 saturated heterocycles. The molecule has 0 aliphatic heterocycles. The van der Waals surface area contributed by atoms with Gasteiger partial charge in [-0.15, -0.1) is 0 Å². The van der Waals surface area contributed by atoms with Crippen LogP contribution in [0.1, 0.15) is 19.3 Å². The summed E-state index contributed by atoms with van der Waals surface area (Å²) in [5.74, 6) is 0.454. The average molecular weight is 203 g/mol. The van der Waals surface area contributed by atoms with Gasteiger partial charge in [0.05, 0.1) is 18.8 Å². The molecular formula is C10H21NO3. The number of rotatable bonds is 8. The highest BCUT2D eigenvalue weighted by molar-refractivity contribution is 4.98. The van der Waals surface area contributed by atoms with E-state index in [2.05, 4.69) is 0 Å². The first-order valence-corrected chi connectivity index (χ1v) is 5.19. The minimum absolute atomic E-state index is 0.0158. The quantitative estimate of drug-likeness (QED) is 0.551. The maximum atomic E-state index is 9.17. The molecule has 0 bridgehead atoms. The lowest BCUT2D eigenvalue weighted by atomic mass is 9.97. The minimum atomic E-state index is -0.507. The Morgan fingerprint density at radius 2 is 2.14 bits per heavy atom. The second-order valence-electron chi connectivity index (χ2n) is 4.06. The van der Waals surface area contributed by atoms with Crippen LogP contribution in [0, 0.1) is 5.92 Å². The van der Waals surface area contributed by atoms with Gasteiger partial charge >= 0.3 is 0 Å². The predicted molar refractivity (Wildman–Crippen MR) is 54.0 cm³/mol. The van der Waals surface area contributed by atoms with Crippen LogP contribution in [0.5, 0.6) is 0 Å². The van der Waals surface area contributed by atoms with Crippen molar-refractivity contribution in [3.63, 3.8) is 0 Å². The van der Waals surface area contributed by atoms with E-state index in [1.165, 1.54) is 0 Å². The summed E-state index contributed by atoms with van der Waals surface area (Å²) in [6.07, 6.45) is 3.12. The first-order valence-electron chi connectivity index (χ1n) is 5.19. The summed E-state index contributed by atoms with van der Waals surface area (Å²) < 4.78 is 10.3. The highest BCUT2D eigenvalue weighted by atomic mass is 16.5. The summed E-state index contributed by atoms with van der Waals surface area (Å²) in [5, 5.41) is 9.17. The topological polar surface area (TPSA) is 64.7 Å². The number of ether oxygens (including phenoxy) is 2. The summed E-state index contributed by atoms with van der Waals surface area (Å²) in [4.78, 5) is 0. The van der Waals surface area contributed by atoms with Gasteiger partial charge in [-0.05, 0) is 25.2 Å². The first kappa shape index (κ1) is 11.9. The smallest absolute Gasteiger partial charge is 0.0671 e. The summed E-state index contributed by atoms with van der Waals surface area (Å²) >= 11 is 0. The zero-order valence-electron chi connectivity index (χ0n) is 8.87. The van der Waals surface area contributed by atoms with Gasteiger partial charge in [0, 0.05) is 20.3 Å². The van der Waals surface area contributed by atoms with Gasteiger partial charge in [-0.25, -0.2) is 0 Å². The summed E-state index contributed by atoms with van der Waals surface area (Å²) in [7, 11) is 1.67. The van der Waals surface area contributed by atoms with Gasteiger partial charge in [0.15, 0.2) is 0 Å². The van der Waals surface area contributed by atoms with E-state index >= 15 is 0 Å². The standard InChI is InChI=1S/C10H21NO3/c1-13-5-2-6-14-8-10(11,7-12)9-3-4-9/h9,12H,2-8,11H2,1H3. The van der Waals surface area contributed by atoms with E-state index in [1.54, 1.807) is 7.11 Å².